The van der Waals surface area contributed by atoms with E-state index in [-0.39, 0.29) is 12.3 Å². The van der Waals surface area contributed by atoms with Crippen LogP contribution in [0.2, 0.25) is 0 Å². The highest BCUT2D eigenvalue weighted by Crippen LogP contribution is 2.38. The van der Waals surface area contributed by atoms with Crippen LogP contribution in [0.4, 0.5) is 5.69 Å². The maximum atomic E-state index is 12.4. The lowest BCUT2D eigenvalue weighted by molar-refractivity contribution is -0.115. The first-order valence-electron chi connectivity index (χ1n) is 9.31. The van der Waals surface area contributed by atoms with E-state index < -0.39 is 0 Å². The van der Waals surface area contributed by atoms with Gasteiger partial charge in [-0.15, -0.1) is 10.2 Å². The van der Waals surface area contributed by atoms with Crippen LogP contribution < -0.4 is 10.1 Å². The number of hydrogen-bond acceptors (Lipinski definition) is 7. The minimum atomic E-state index is -0.181. The Labute approximate surface area is 165 Å². The van der Waals surface area contributed by atoms with Gasteiger partial charge in [0.2, 0.25) is 5.91 Å². The number of carbonyl (C=O) groups is 1. The standard InChI is InChI=1S/C20H18N6O3/c1-28-15-6-4-14(5-7-15)21-18(27)11-17-24-23-16-10-13(8-9-26(16)17)20-22-19(25-29-20)12-2-3-12/h4-10,12H,2-3,11H2,1H3,(H,21,27). The average molecular weight is 390 g/mol. The molecule has 0 atom stereocenters. The highest BCUT2D eigenvalue weighted by Gasteiger charge is 2.29. The smallest absolute Gasteiger partial charge is 0.258 e. The number of hydrogen-bond donors (Lipinski definition) is 1. The fourth-order valence-electron chi connectivity index (χ4n) is 3.08. The molecule has 5 rings (SSSR count). The molecule has 1 amide bonds. The summed E-state index contributed by atoms with van der Waals surface area (Å²) in [4.78, 5) is 16.8. The van der Waals surface area contributed by atoms with E-state index >= 15 is 0 Å². The fraction of sp³-hybridized carbons (Fsp3) is 0.250. The van der Waals surface area contributed by atoms with Crippen LogP contribution >= 0.6 is 0 Å². The molecular weight excluding hydrogens is 372 g/mol. The summed E-state index contributed by atoms with van der Waals surface area (Å²) in [5.74, 6) is 2.75. The van der Waals surface area contributed by atoms with Crippen molar-refractivity contribution in [3.8, 4) is 17.2 Å². The minimum Gasteiger partial charge on any atom is -0.497 e. The van der Waals surface area contributed by atoms with E-state index in [9.17, 15) is 4.79 Å². The molecule has 0 unspecified atom stereocenters. The van der Waals surface area contributed by atoms with Gasteiger partial charge in [0.05, 0.1) is 13.5 Å². The first-order chi connectivity index (χ1) is 14.2. The predicted octanol–water partition coefficient (Wildman–Crippen LogP) is 2.85. The summed E-state index contributed by atoms with van der Waals surface area (Å²) < 4.78 is 12.3. The fourth-order valence-corrected chi connectivity index (χ4v) is 3.08. The summed E-state index contributed by atoms with van der Waals surface area (Å²) in [6.45, 7) is 0. The van der Waals surface area contributed by atoms with Gasteiger partial charge in [0, 0.05) is 23.4 Å². The number of nitrogens with one attached hydrogen (secondary N) is 1. The molecule has 9 nitrogen and oxygen atoms in total. The van der Waals surface area contributed by atoms with E-state index in [0.717, 1.165) is 30.0 Å². The average Bonchev–Trinajstić information content (AvgIpc) is 3.34. The number of fused-ring (bicyclic) bond motifs is 1. The summed E-state index contributed by atoms with van der Waals surface area (Å²) in [5.41, 5.74) is 2.08. The number of carbonyl (C=O) groups excluding carboxylic acids is 1. The third-order valence-corrected chi connectivity index (χ3v) is 4.80. The highest BCUT2D eigenvalue weighted by molar-refractivity contribution is 5.92. The Kier molecular flexibility index (Phi) is 4.19. The number of nitrogens with zero attached hydrogens (tertiary/aromatic N) is 5. The second-order valence-corrected chi connectivity index (χ2v) is 6.95. The van der Waals surface area contributed by atoms with Crippen molar-refractivity contribution in [2.75, 3.05) is 12.4 Å². The third-order valence-electron chi connectivity index (χ3n) is 4.80. The lowest BCUT2D eigenvalue weighted by atomic mass is 10.2. The van der Waals surface area contributed by atoms with Crippen LogP contribution in [0.1, 0.15) is 30.4 Å². The molecule has 0 saturated heterocycles. The van der Waals surface area contributed by atoms with Crippen molar-refractivity contribution in [1.82, 2.24) is 24.7 Å². The number of amides is 1. The summed E-state index contributed by atoms with van der Waals surface area (Å²) in [7, 11) is 1.60. The molecule has 1 N–H and O–H groups in total. The van der Waals surface area contributed by atoms with Gasteiger partial charge in [0.1, 0.15) is 11.6 Å². The zero-order valence-corrected chi connectivity index (χ0v) is 15.7. The van der Waals surface area contributed by atoms with Gasteiger partial charge in [0.25, 0.3) is 5.89 Å². The summed E-state index contributed by atoms with van der Waals surface area (Å²) in [6.07, 6.45) is 4.13. The minimum absolute atomic E-state index is 0.0962. The lowest BCUT2D eigenvalue weighted by Gasteiger charge is -2.06. The van der Waals surface area contributed by atoms with E-state index in [1.165, 1.54) is 0 Å². The van der Waals surface area contributed by atoms with E-state index in [2.05, 4.69) is 25.7 Å². The van der Waals surface area contributed by atoms with Crippen molar-refractivity contribution in [1.29, 1.82) is 0 Å². The molecule has 0 bridgehead atoms. The number of rotatable bonds is 6. The van der Waals surface area contributed by atoms with Gasteiger partial charge in [-0.1, -0.05) is 5.16 Å². The number of aromatic nitrogens is 5. The monoisotopic (exact) mass is 390 g/mol. The van der Waals surface area contributed by atoms with Gasteiger partial charge in [-0.3, -0.25) is 9.20 Å². The summed E-state index contributed by atoms with van der Waals surface area (Å²) >= 11 is 0. The van der Waals surface area contributed by atoms with Gasteiger partial charge >= 0.3 is 0 Å². The Morgan fingerprint density at radius 1 is 1.24 bits per heavy atom. The molecule has 4 aromatic rings. The van der Waals surface area contributed by atoms with Crippen molar-refractivity contribution in [2.24, 2.45) is 0 Å². The molecule has 1 aromatic carbocycles. The Bertz CT molecular complexity index is 1180. The van der Waals surface area contributed by atoms with Crippen molar-refractivity contribution >= 4 is 17.2 Å². The van der Waals surface area contributed by atoms with Crippen molar-refractivity contribution in [3.63, 3.8) is 0 Å². The van der Waals surface area contributed by atoms with Gasteiger partial charge < -0.3 is 14.6 Å². The van der Waals surface area contributed by atoms with E-state index in [1.807, 2.05) is 18.3 Å². The van der Waals surface area contributed by atoms with Crippen LogP contribution in [0.15, 0.2) is 47.1 Å². The molecule has 1 aliphatic carbocycles. The van der Waals surface area contributed by atoms with Gasteiger partial charge in [-0.25, -0.2) is 0 Å². The van der Waals surface area contributed by atoms with E-state index in [1.54, 1.807) is 35.8 Å². The Hall–Kier alpha value is -3.75. The number of methoxy groups -OCH3 is 1. The van der Waals surface area contributed by atoms with Crippen molar-refractivity contribution < 1.29 is 14.1 Å². The topological polar surface area (TPSA) is 107 Å². The third kappa shape index (κ3) is 3.54. The molecular formula is C20H18N6O3. The van der Waals surface area contributed by atoms with Crippen LogP contribution in [-0.4, -0.2) is 37.8 Å². The predicted molar refractivity (Wildman–Crippen MR) is 104 cm³/mol. The van der Waals surface area contributed by atoms with Gasteiger partial charge in [-0.05, 0) is 49.2 Å². The zero-order chi connectivity index (χ0) is 19.8. The maximum Gasteiger partial charge on any atom is 0.258 e. The molecule has 0 radical (unpaired) electrons. The van der Waals surface area contributed by atoms with Crippen LogP contribution in [-0.2, 0) is 11.2 Å². The summed E-state index contributed by atoms with van der Waals surface area (Å²) in [5, 5.41) is 15.2. The summed E-state index contributed by atoms with van der Waals surface area (Å²) in [6, 6.07) is 10.8. The van der Waals surface area contributed by atoms with Gasteiger partial charge in [0.15, 0.2) is 11.5 Å². The Morgan fingerprint density at radius 3 is 2.83 bits per heavy atom. The molecule has 3 aromatic heterocycles. The first-order valence-corrected chi connectivity index (χ1v) is 9.31. The molecule has 1 saturated carbocycles. The van der Waals surface area contributed by atoms with E-state index in [4.69, 9.17) is 9.26 Å². The van der Waals surface area contributed by atoms with E-state index in [0.29, 0.717) is 29.0 Å². The Balaban J connectivity index is 1.31. The van der Waals surface area contributed by atoms with Crippen LogP contribution in [0.5, 0.6) is 5.75 Å². The zero-order valence-electron chi connectivity index (χ0n) is 15.7. The second kappa shape index (κ2) is 7.01. The molecule has 9 heteroatoms. The molecule has 29 heavy (non-hydrogen) atoms. The lowest BCUT2D eigenvalue weighted by Crippen LogP contribution is -2.16. The molecule has 0 spiro atoms. The highest BCUT2D eigenvalue weighted by atomic mass is 16.5. The normalized spacial score (nSPS) is 13.6. The molecule has 146 valence electrons. The number of benzene rings is 1. The number of ether oxygens (including phenoxy) is 1. The second-order valence-electron chi connectivity index (χ2n) is 6.95. The quantitative estimate of drug-likeness (QED) is 0.539. The van der Waals surface area contributed by atoms with Crippen molar-refractivity contribution in [3.05, 3.63) is 54.2 Å². The molecule has 3 heterocycles. The largest absolute Gasteiger partial charge is 0.497 e. The number of anilines is 1. The number of pyridine rings is 1. The van der Waals surface area contributed by atoms with Crippen molar-refractivity contribution in [2.45, 2.75) is 25.2 Å². The van der Waals surface area contributed by atoms with Crippen LogP contribution in [0, 0.1) is 0 Å². The van der Waals surface area contributed by atoms with Crippen LogP contribution in [0.25, 0.3) is 17.1 Å². The Morgan fingerprint density at radius 2 is 2.07 bits per heavy atom. The molecule has 0 aliphatic heterocycles. The molecule has 1 fully saturated rings. The SMILES string of the molecule is COc1ccc(NC(=O)Cc2nnc3cc(-c4nc(C5CC5)no4)ccn23)cc1. The molecule has 1 aliphatic rings. The maximum absolute atomic E-state index is 12.4. The first kappa shape index (κ1) is 17.4. The van der Waals surface area contributed by atoms with Crippen LogP contribution in [0.3, 0.4) is 0 Å². The van der Waals surface area contributed by atoms with Gasteiger partial charge in [-0.2, -0.15) is 4.98 Å².